The van der Waals surface area contributed by atoms with Crippen LogP contribution in [0.2, 0.25) is 0 Å². The van der Waals surface area contributed by atoms with E-state index in [1.165, 1.54) is 5.39 Å². The molecule has 4 heteroatoms. The molecule has 4 nitrogen and oxygen atoms in total. The second kappa shape index (κ2) is 13.3. The zero-order valence-electron chi connectivity index (χ0n) is 31.8. The first-order valence-electron chi connectivity index (χ1n) is 19.9. The maximum Gasteiger partial charge on any atom is 0.161 e. The summed E-state index contributed by atoms with van der Waals surface area (Å²) in [5.74, 6) is 0.703. The van der Waals surface area contributed by atoms with Crippen molar-refractivity contribution in [1.82, 2.24) is 15.0 Å². The Kier molecular flexibility index (Phi) is 7.50. The summed E-state index contributed by atoms with van der Waals surface area (Å²) in [4.78, 5) is 15.8. The van der Waals surface area contributed by atoms with Crippen LogP contribution in [-0.2, 0) is 0 Å². The van der Waals surface area contributed by atoms with Gasteiger partial charge in [-0.25, -0.2) is 15.0 Å². The molecular formula is C55H33N3O. The van der Waals surface area contributed by atoms with Gasteiger partial charge in [0, 0.05) is 49.2 Å². The summed E-state index contributed by atoms with van der Waals surface area (Å²) in [6, 6.07) is 70.2. The molecule has 0 N–H and O–H groups in total. The molecule has 0 saturated heterocycles. The van der Waals surface area contributed by atoms with Gasteiger partial charge in [0.2, 0.25) is 0 Å². The van der Waals surface area contributed by atoms with E-state index in [2.05, 4.69) is 188 Å². The Balaban J connectivity index is 0.977. The number of hydrogen-bond acceptors (Lipinski definition) is 4. The predicted octanol–water partition coefficient (Wildman–Crippen LogP) is 14.7. The molecule has 0 radical (unpaired) electrons. The minimum absolute atomic E-state index is 0.703. The van der Waals surface area contributed by atoms with Crippen LogP contribution in [-0.4, -0.2) is 15.0 Å². The summed E-state index contributed by atoms with van der Waals surface area (Å²) in [6.45, 7) is 0. The number of furan rings is 1. The maximum absolute atomic E-state index is 6.57. The molecule has 0 bridgehead atoms. The third kappa shape index (κ3) is 5.49. The quantitative estimate of drug-likeness (QED) is 0.164. The minimum Gasteiger partial charge on any atom is -0.455 e. The van der Waals surface area contributed by atoms with Crippen molar-refractivity contribution in [2.24, 2.45) is 0 Å². The molecule has 0 spiro atoms. The van der Waals surface area contributed by atoms with Crippen LogP contribution in [0, 0.1) is 0 Å². The summed E-state index contributed by atoms with van der Waals surface area (Å²) in [6.07, 6.45) is 0. The van der Waals surface area contributed by atoms with Crippen molar-refractivity contribution in [3.8, 4) is 56.3 Å². The number of aromatic nitrogens is 3. The molecule has 59 heavy (non-hydrogen) atoms. The van der Waals surface area contributed by atoms with Crippen molar-refractivity contribution in [2.45, 2.75) is 0 Å². The van der Waals surface area contributed by atoms with E-state index in [-0.39, 0.29) is 0 Å². The van der Waals surface area contributed by atoms with Gasteiger partial charge in [-0.1, -0.05) is 170 Å². The SMILES string of the molecule is c1cc(-c2ccc(-c3cc(-c4cccc5ccccc45)nc(-c4cccc5ccccc45)n3)cc2)cc(-c2nc3ccccc3c3c2ccc2c4ccccc4oc23)c1. The highest BCUT2D eigenvalue weighted by Gasteiger charge is 2.18. The molecular weight excluding hydrogens is 719 g/mol. The van der Waals surface area contributed by atoms with Crippen LogP contribution in [0.4, 0.5) is 0 Å². The Labute approximate surface area is 339 Å². The van der Waals surface area contributed by atoms with Gasteiger partial charge >= 0.3 is 0 Å². The predicted molar refractivity (Wildman–Crippen MR) is 244 cm³/mol. The Morgan fingerprint density at radius 1 is 0.339 bits per heavy atom. The number of rotatable bonds is 5. The van der Waals surface area contributed by atoms with E-state index < -0.39 is 0 Å². The number of nitrogens with zero attached hydrogens (tertiary/aromatic N) is 3. The van der Waals surface area contributed by atoms with E-state index >= 15 is 0 Å². The second-order valence-electron chi connectivity index (χ2n) is 15.1. The third-order valence-corrected chi connectivity index (χ3v) is 11.7. The van der Waals surface area contributed by atoms with Gasteiger partial charge < -0.3 is 4.42 Å². The lowest BCUT2D eigenvalue weighted by atomic mass is 9.95. The van der Waals surface area contributed by atoms with Gasteiger partial charge in [-0.3, -0.25) is 0 Å². The Morgan fingerprint density at radius 3 is 1.75 bits per heavy atom. The molecule has 0 saturated carbocycles. The van der Waals surface area contributed by atoms with Gasteiger partial charge in [0.05, 0.1) is 22.6 Å². The first-order chi connectivity index (χ1) is 29.2. The lowest BCUT2D eigenvalue weighted by Gasteiger charge is -2.13. The standard InChI is InChI=1S/C55H33N3O/c1-3-18-40-35(12-1)14-10-22-42(40)50-33-49(57-55(58-50)45-23-11-15-36-13-2-4-19-41(36)45)37-28-26-34(27-29-37)38-16-9-17-39(32-38)53-47-31-30-44-43-20-6-8-25-51(43)59-54(44)52(47)46-21-5-7-24-48(46)56-53/h1-33H. The summed E-state index contributed by atoms with van der Waals surface area (Å²) in [5.41, 5.74) is 11.8. The smallest absolute Gasteiger partial charge is 0.161 e. The third-order valence-electron chi connectivity index (χ3n) is 11.7. The first-order valence-corrected chi connectivity index (χ1v) is 19.9. The zero-order valence-corrected chi connectivity index (χ0v) is 31.8. The van der Waals surface area contributed by atoms with Crippen LogP contribution in [0.25, 0.3) is 121 Å². The summed E-state index contributed by atoms with van der Waals surface area (Å²) in [5, 5.41) is 10.1. The highest BCUT2D eigenvalue weighted by atomic mass is 16.3. The monoisotopic (exact) mass is 751 g/mol. The molecule has 0 aliphatic carbocycles. The largest absolute Gasteiger partial charge is 0.455 e. The molecule has 12 rings (SSSR count). The minimum atomic E-state index is 0.703. The topological polar surface area (TPSA) is 51.8 Å². The maximum atomic E-state index is 6.57. The van der Waals surface area contributed by atoms with Crippen molar-refractivity contribution in [2.75, 3.05) is 0 Å². The summed E-state index contributed by atoms with van der Waals surface area (Å²) < 4.78 is 6.57. The van der Waals surface area contributed by atoms with E-state index in [0.29, 0.717) is 5.82 Å². The Bertz CT molecular complexity index is 3510. The first kappa shape index (κ1) is 33.2. The molecule has 0 unspecified atom stereocenters. The second-order valence-corrected chi connectivity index (χ2v) is 15.1. The number of para-hydroxylation sites is 2. The molecule has 0 aliphatic heterocycles. The molecule has 0 fully saturated rings. The fourth-order valence-electron chi connectivity index (χ4n) is 8.84. The van der Waals surface area contributed by atoms with Crippen molar-refractivity contribution < 1.29 is 4.42 Å². The van der Waals surface area contributed by atoms with Crippen LogP contribution in [0.15, 0.2) is 205 Å². The number of hydrogen-bond donors (Lipinski definition) is 0. The average molecular weight is 752 g/mol. The van der Waals surface area contributed by atoms with Crippen LogP contribution >= 0.6 is 0 Å². The van der Waals surface area contributed by atoms with Gasteiger partial charge in [-0.2, -0.15) is 0 Å². The molecule has 9 aromatic carbocycles. The van der Waals surface area contributed by atoms with Crippen molar-refractivity contribution >= 4 is 65.2 Å². The molecule has 0 aliphatic rings. The van der Waals surface area contributed by atoms with Gasteiger partial charge in [0.25, 0.3) is 0 Å². The van der Waals surface area contributed by atoms with Gasteiger partial charge in [-0.05, 0) is 63.0 Å². The molecule has 274 valence electrons. The fourth-order valence-corrected chi connectivity index (χ4v) is 8.84. The number of pyridine rings is 1. The van der Waals surface area contributed by atoms with Crippen LogP contribution in [0.3, 0.4) is 0 Å². The van der Waals surface area contributed by atoms with Gasteiger partial charge in [0.15, 0.2) is 5.82 Å². The van der Waals surface area contributed by atoms with E-state index in [4.69, 9.17) is 19.4 Å². The molecule has 0 atom stereocenters. The van der Waals surface area contributed by atoms with Crippen molar-refractivity contribution in [3.05, 3.63) is 200 Å². The van der Waals surface area contributed by atoms with Crippen molar-refractivity contribution in [3.63, 3.8) is 0 Å². The van der Waals surface area contributed by atoms with Crippen LogP contribution < -0.4 is 0 Å². The normalized spacial score (nSPS) is 11.7. The zero-order chi connectivity index (χ0) is 38.9. The summed E-state index contributed by atoms with van der Waals surface area (Å²) in [7, 11) is 0. The lowest BCUT2D eigenvalue weighted by molar-refractivity contribution is 0.673. The van der Waals surface area contributed by atoms with E-state index in [0.717, 1.165) is 110 Å². The van der Waals surface area contributed by atoms with Crippen LogP contribution in [0.1, 0.15) is 0 Å². The Morgan fingerprint density at radius 2 is 0.932 bits per heavy atom. The van der Waals surface area contributed by atoms with E-state index in [9.17, 15) is 0 Å². The fraction of sp³-hybridized carbons (Fsp3) is 0. The molecule has 12 aromatic rings. The molecule has 0 amide bonds. The van der Waals surface area contributed by atoms with Crippen LogP contribution in [0.5, 0.6) is 0 Å². The van der Waals surface area contributed by atoms with Crippen molar-refractivity contribution in [1.29, 1.82) is 0 Å². The average Bonchev–Trinajstić information content (AvgIpc) is 3.70. The number of fused-ring (bicyclic) bond motifs is 9. The number of benzene rings is 9. The highest BCUT2D eigenvalue weighted by Crippen LogP contribution is 2.41. The summed E-state index contributed by atoms with van der Waals surface area (Å²) >= 11 is 0. The Hall–Kier alpha value is -7.95. The van der Waals surface area contributed by atoms with E-state index in [1.54, 1.807) is 0 Å². The molecule has 3 aromatic heterocycles. The van der Waals surface area contributed by atoms with Gasteiger partial charge in [-0.15, -0.1) is 0 Å². The lowest BCUT2D eigenvalue weighted by Crippen LogP contribution is -1.97. The van der Waals surface area contributed by atoms with Gasteiger partial charge in [0.1, 0.15) is 11.2 Å². The molecule has 3 heterocycles. The highest BCUT2D eigenvalue weighted by molar-refractivity contribution is 6.24. The van der Waals surface area contributed by atoms with E-state index in [1.807, 2.05) is 12.1 Å².